The van der Waals surface area contributed by atoms with Crippen molar-refractivity contribution in [1.29, 1.82) is 0 Å². The van der Waals surface area contributed by atoms with E-state index in [0.717, 1.165) is 0 Å². The van der Waals surface area contributed by atoms with Crippen molar-refractivity contribution in [2.24, 2.45) is 21.1 Å². The van der Waals surface area contributed by atoms with Crippen LogP contribution in [0.4, 0.5) is 0 Å². The van der Waals surface area contributed by atoms with Crippen LogP contribution < -0.4 is 13.7 Å². The molecule has 0 unspecified atom stereocenters. The van der Waals surface area contributed by atoms with Crippen molar-refractivity contribution < 1.29 is 27.9 Å². The molecular formula is C18H29N6O3+3. The minimum Gasteiger partial charge on any atom is -0.339 e. The lowest BCUT2D eigenvalue weighted by molar-refractivity contribution is -0.671. The van der Waals surface area contributed by atoms with Gasteiger partial charge in [-0.1, -0.05) is 0 Å². The minimum atomic E-state index is -0.161. The van der Waals surface area contributed by atoms with Gasteiger partial charge in [0, 0.05) is 0 Å². The molecule has 0 aliphatic carbocycles. The fourth-order valence-electron chi connectivity index (χ4n) is 2.65. The fourth-order valence-corrected chi connectivity index (χ4v) is 2.65. The molecule has 27 heavy (non-hydrogen) atoms. The van der Waals surface area contributed by atoms with Gasteiger partial charge in [-0.25, -0.2) is 27.4 Å². The van der Waals surface area contributed by atoms with E-state index in [0.29, 0.717) is 33.4 Å². The van der Waals surface area contributed by atoms with E-state index in [1.54, 1.807) is 0 Å². The molecule has 3 rings (SSSR count). The maximum Gasteiger partial charge on any atom is 0.245 e. The predicted molar refractivity (Wildman–Crippen MR) is 93.6 cm³/mol. The molecule has 0 saturated carbocycles. The van der Waals surface area contributed by atoms with Crippen molar-refractivity contribution in [2.75, 3.05) is 13.2 Å². The monoisotopic (exact) mass is 377 g/mol. The third-order valence-electron chi connectivity index (χ3n) is 4.02. The molecule has 3 heterocycles. The molecule has 9 heteroatoms. The van der Waals surface area contributed by atoms with Crippen LogP contribution in [0.25, 0.3) is 0 Å². The predicted octanol–water partition coefficient (Wildman–Crippen LogP) is -0.744. The number of aryl methyl sites for hydroxylation is 3. The molecule has 0 N–H and O–H groups in total. The molecule has 9 nitrogen and oxygen atoms in total. The Morgan fingerprint density at radius 3 is 1.44 bits per heavy atom. The summed E-state index contributed by atoms with van der Waals surface area (Å²) in [6.07, 6.45) is 17.6. The Morgan fingerprint density at radius 2 is 1.07 bits per heavy atom. The zero-order valence-corrected chi connectivity index (χ0v) is 16.2. The SMILES string of the molecule is C[n+]1ccn(COCC(COCn2cc[n+](C)c2)OCn2cc[n+](C)c2)c1. The van der Waals surface area contributed by atoms with Crippen LogP contribution in [0.1, 0.15) is 0 Å². The van der Waals surface area contributed by atoms with Crippen LogP contribution in [0.3, 0.4) is 0 Å². The van der Waals surface area contributed by atoms with Gasteiger partial charge in [0.15, 0.2) is 20.2 Å². The molecular weight excluding hydrogens is 348 g/mol. The summed E-state index contributed by atoms with van der Waals surface area (Å²) in [6.45, 7) is 2.32. The summed E-state index contributed by atoms with van der Waals surface area (Å²) < 4.78 is 29.5. The van der Waals surface area contributed by atoms with Crippen LogP contribution in [-0.2, 0) is 55.5 Å². The molecule has 0 atom stereocenters. The van der Waals surface area contributed by atoms with Gasteiger partial charge in [0.25, 0.3) is 0 Å². The second-order valence-corrected chi connectivity index (χ2v) is 6.70. The van der Waals surface area contributed by atoms with Crippen LogP contribution in [-0.4, -0.2) is 33.0 Å². The molecule has 146 valence electrons. The molecule has 0 aromatic carbocycles. The van der Waals surface area contributed by atoms with Gasteiger partial charge < -0.3 is 14.2 Å². The normalized spacial score (nSPS) is 11.6. The third kappa shape index (κ3) is 6.31. The number of imidazole rings is 3. The Bertz CT molecular complexity index is 778. The number of rotatable bonds is 11. The number of hydrogen-bond donors (Lipinski definition) is 0. The lowest BCUT2D eigenvalue weighted by atomic mass is 10.4. The highest BCUT2D eigenvalue weighted by Crippen LogP contribution is 2.01. The van der Waals surface area contributed by atoms with E-state index in [1.807, 2.05) is 105 Å². The Hall–Kier alpha value is -2.49. The van der Waals surface area contributed by atoms with Gasteiger partial charge in [-0.05, 0) is 0 Å². The highest BCUT2D eigenvalue weighted by atomic mass is 16.6. The molecule has 0 spiro atoms. The molecule has 0 amide bonds. The maximum absolute atomic E-state index is 6.00. The van der Waals surface area contributed by atoms with Crippen LogP contribution in [0.15, 0.2) is 56.2 Å². The standard InChI is InChI=1S/C18H29N6O3/c1-19-4-7-22(12-19)15-25-10-18(27-17-24-9-6-21(3)14-24)11-26-16-23-8-5-20(2)13-23/h4-9,12-14,18H,10-11,15-17H2,1-3H3/q+3. The van der Waals surface area contributed by atoms with Gasteiger partial charge in [0.1, 0.15) is 43.3 Å². The largest absolute Gasteiger partial charge is 0.339 e. The molecule has 0 radical (unpaired) electrons. The number of aromatic nitrogens is 6. The molecule has 3 aromatic rings. The first-order valence-corrected chi connectivity index (χ1v) is 8.88. The van der Waals surface area contributed by atoms with Crippen molar-refractivity contribution in [3.8, 4) is 0 Å². The minimum absolute atomic E-state index is 0.161. The third-order valence-corrected chi connectivity index (χ3v) is 4.02. The van der Waals surface area contributed by atoms with Gasteiger partial charge >= 0.3 is 0 Å². The van der Waals surface area contributed by atoms with Gasteiger partial charge in [-0.3, -0.25) is 0 Å². The second kappa shape index (κ2) is 9.45. The lowest BCUT2D eigenvalue weighted by Crippen LogP contribution is -2.29. The van der Waals surface area contributed by atoms with E-state index < -0.39 is 0 Å². The molecule has 0 saturated heterocycles. The second-order valence-electron chi connectivity index (χ2n) is 6.70. The quantitative estimate of drug-likeness (QED) is 0.414. The topological polar surface area (TPSA) is 54.1 Å². The summed E-state index contributed by atoms with van der Waals surface area (Å²) in [5, 5.41) is 0. The summed E-state index contributed by atoms with van der Waals surface area (Å²) in [4.78, 5) is 0. The highest BCUT2D eigenvalue weighted by molar-refractivity contribution is 4.66. The maximum atomic E-state index is 6.00. The van der Waals surface area contributed by atoms with Gasteiger partial charge in [0.2, 0.25) is 19.0 Å². The van der Waals surface area contributed by atoms with E-state index in [4.69, 9.17) is 14.2 Å². The summed E-state index contributed by atoms with van der Waals surface area (Å²) in [6, 6.07) is 0. The van der Waals surface area contributed by atoms with Gasteiger partial charge in [-0.15, -0.1) is 0 Å². The first-order chi connectivity index (χ1) is 13.1. The van der Waals surface area contributed by atoms with Crippen LogP contribution in [0.5, 0.6) is 0 Å². The van der Waals surface area contributed by atoms with Crippen molar-refractivity contribution in [3.05, 3.63) is 56.2 Å². The Kier molecular flexibility index (Phi) is 6.74. The van der Waals surface area contributed by atoms with E-state index in [9.17, 15) is 0 Å². The van der Waals surface area contributed by atoms with Crippen LogP contribution in [0.2, 0.25) is 0 Å². The summed E-state index contributed by atoms with van der Waals surface area (Å²) in [5.41, 5.74) is 0. The summed E-state index contributed by atoms with van der Waals surface area (Å²) in [7, 11) is 5.94. The van der Waals surface area contributed by atoms with Gasteiger partial charge in [-0.2, -0.15) is 0 Å². The summed E-state index contributed by atoms with van der Waals surface area (Å²) >= 11 is 0. The molecule has 0 fully saturated rings. The first-order valence-electron chi connectivity index (χ1n) is 8.88. The summed E-state index contributed by atoms with van der Waals surface area (Å²) in [5.74, 6) is 0. The average molecular weight is 377 g/mol. The lowest BCUT2D eigenvalue weighted by Gasteiger charge is -2.16. The molecule has 0 aliphatic heterocycles. The molecule has 0 bridgehead atoms. The zero-order chi connectivity index (χ0) is 19.1. The smallest absolute Gasteiger partial charge is 0.245 e. The van der Waals surface area contributed by atoms with E-state index >= 15 is 0 Å². The van der Waals surface area contributed by atoms with E-state index in [2.05, 4.69) is 0 Å². The number of nitrogens with zero attached hydrogens (tertiary/aromatic N) is 6. The zero-order valence-electron chi connectivity index (χ0n) is 16.2. The van der Waals surface area contributed by atoms with Crippen molar-refractivity contribution in [3.63, 3.8) is 0 Å². The number of ether oxygens (including phenoxy) is 3. The van der Waals surface area contributed by atoms with E-state index in [1.165, 1.54) is 0 Å². The Balaban J connectivity index is 1.47. The Morgan fingerprint density at radius 1 is 0.667 bits per heavy atom. The van der Waals surface area contributed by atoms with Crippen molar-refractivity contribution in [2.45, 2.75) is 26.3 Å². The van der Waals surface area contributed by atoms with Crippen molar-refractivity contribution >= 4 is 0 Å². The van der Waals surface area contributed by atoms with Crippen LogP contribution >= 0.6 is 0 Å². The first kappa shape index (κ1) is 19.3. The Labute approximate surface area is 159 Å². The van der Waals surface area contributed by atoms with Gasteiger partial charge in [0.05, 0.1) is 34.4 Å². The average Bonchev–Trinajstić information content (AvgIpc) is 3.35. The van der Waals surface area contributed by atoms with Crippen molar-refractivity contribution in [1.82, 2.24) is 13.7 Å². The molecule has 0 aliphatic rings. The van der Waals surface area contributed by atoms with E-state index in [-0.39, 0.29) is 6.10 Å². The highest BCUT2D eigenvalue weighted by Gasteiger charge is 2.14. The van der Waals surface area contributed by atoms with Crippen LogP contribution in [0, 0.1) is 0 Å². The number of hydrogen-bond acceptors (Lipinski definition) is 3. The fraction of sp³-hybridized carbons (Fsp3) is 0.500. The molecule has 3 aromatic heterocycles.